The number of aryl methyl sites for hydroxylation is 1. The molecule has 0 saturated carbocycles. The topological polar surface area (TPSA) is 3.24 Å². The van der Waals surface area contributed by atoms with E-state index < -0.39 is 0 Å². The molecule has 1 aromatic rings. The van der Waals surface area contributed by atoms with Gasteiger partial charge in [-0.25, -0.2) is 0 Å². The summed E-state index contributed by atoms with van der Waals surface area (Å²) in [6, 6.07) is 8.19. The monoisotopic (exact) mass is 173 g/mol. The van der Waals surface area contributed by atoms with Crippen LogP contribution in [-0.4, -0.2) is 11.9 Å². The van der Waals surface area contributed by atoms with E-state index in [0.29, 0.717) is 0 Å². The summed E-state index contributed by atoms with van der Waals surface area (Å²) in [6.07, 6.45) is 1.76. The second-order valence-corrected chi connectivity index (χ2v) is 3.06. The zero-order valence-corrected chi connectivity index (χ0v) is 8.25. The molecular weight excluding hydrogens is 158 g/mol. The van der Waals surface area contributed by atoms with E-state index >= 15 is 0 Å². The van der Waals surface area contributed by atoms with E-state index in [1.54, 1.807) is 6.20 Å². The number of benzene rings is 1. The highest BCUT2D eigenvalue weighted by atomic mass is 15.1. The first-order chi connectivity index (χ1) is 6.16. The van der Waals surface area contributed by atoms with Gasteiger partial charge in [0.1, 0.15) is 0 Å². The lowest BCUT2D eigenvalue weighted by Gasteiger charge is -2.18. The second kappa shape index (κ2) is 3.94. The smallest absolute Gasteiger partial charge is 0.0406 e. The van der Waals surface area contributed by atoms with Crippen LogP contribution in [0.25, 0.3) is 5.70 Å². The predicted octanol–water partition coefficient (Wildman–Crippen LogP) is 3.04. The molecule has 13 heavy (non-hydrogen) atoms. The third kappa shape index (κ3) is 2.00. The summed E-state index contributed by atoms with van der Waals surface area (Å²) in [4.78, 5) is 1.92. The van der Waals surface area contributed by atoms with E-state index in [2.05, 4.69) is 32.2 Å². The molecule has 0 spiro atoms. The normalized spacial score (nSPS) is 9.38. The quantitative estimate of drug-likeness (QED) is 0.679. The number of hydrogen-bond donors (Lipinski definition) is 0. The molecule has 0 aliphatic heterocycles. The Bertz CT molecular complexity index is 326. The third-order valence-electron chi connectivity index (χ3n) is 2.16. The molecule has 1 aromatic carbocycles. The van der Waals surface area contributed by atoms with Crippen LogP contribution in [-0.2, 0) is 0 Å². The molecule has 0 bridgehead atoms. The lowest BCUT2D eigenvalue weighted by atomic mass is 10.1. The van der Waals surface area contributed by atoms with Crippen molar-refractivity contribution in [3.63, 3.8) is 0 Å². The van der Waals surface area contributed by atoms with Crippen LogP contribution in [0.5, 0.6) is 0 Å². The summed E-state index contributed by atoms with van der Waals surface area (Å²) >= 11 is 0. The highest BCUT2D eigenvalue weighted by Gasteiger charge is 2.03. The second-order valence-electron chi connectivity index (χ2n) is 3.06. The fourth-order valence-electron chi connectivity index (χ4n) is 1.20. The van der Waals surface area contributed by atoms with Crippen LogP contribution in [0.15, 0.2) is 43.6 Å². The molecule has 1 nitrogen and oxygen atoms in total. The first-order valence-corrected chi connectivity index (χ1v) is 4.27. The predicted molar refractivity (Wildman–Crippen MR) is 58.2 cm³/mol. The van der Waals surface area contributed by atoms with E-state index in [-0.39, 0.29) is 0 Å². The molecule has 0 aromatic heterocycles. The molecule has 0 heterocycles. The van der Waals surface area contributed by atoms with Crippen molar-refractivity contribution in [1.29, 1.82) is 0 Å². The van der Waals surface area contributed by atoms with Gasteiger partial charge in [0.15, 0.2) is 0 Å². The molecule has 0 unspecified atom stereocenters. The van der Waals surface area contributed by atoms with Gasteiger partial charge in [-0.2, -0.15) is 0 Å². The molecule has 0 aliphatic rings. The van der Waals surface area contributed by atoms with Gasteiger partial charge in [-0.3, -0.25) is 0 Å². The van der Waals surface area contributed by atoms with Gasteiger partial charge in [-0.1, -0.05) is 37.4 Å². The average molecular weight is 173 g/mol. The first kappa shape index (κ1) is 9.59. The van der Waals surface area contributed by atoms with Crippen molar-refractivity contribution in [2.75, 3.05) is 7.05 Å². The van der Waals surface area contributed by atoms with Gasteiger partial charge in [0.05, 0.1) is 0 Å². The zero-order chi connectivity index (χ0) is 9.84. The van der Waals surface area contributed by atoms with Gasteiger partial charge in [0, 0.05) is 18.3 Å². The Morgan fingerprint density at radius 2 is 2.00 bits per heavy atom. The standard InChI is InChI=1S/C12H15N/c1-5-13(4)11(3)12-9-7-6-8-10(12)2/h5-9H,1,3H2,2,4H3. The van der Waals surface area contributed by atoms with Crippen LogP contribution in [0.3, 0.4) is 0 Å². The molecular formula is C12H15N. The Morgan fingerprint density at radius 1 is 1.38 bits per heavy atom. The number of hydrogen-bond acceptors (Lipinski definition) is 1. The number of nitrogens with zero attached hydrogens (tertiary/aromatic N) is 1. The Hall–Kier alpha value is -1.50. The van der Waals surface area contributed by atoms with Crippen molar-refractivity contribution < 1.29 is 0 Å². The lowest BCUT2D eigenvalue weighted by Crippen LogP contribution is -2.08. The summed E-state index contributed by atoms with van der Waals surface area (Å²) in [5.74, 6) is 0. The van der Waals surface area contributed by atoms with E-state index in [0.717, 1.165) is 5.70 Å². The molecule has 0 saturated heterocycles. The Morgan fingerprint density at radius 3 is 2.54 bits per heavy atom. The molecule has 0 aliphatic carbocycles. The largest absolute Gasteiger partial charge is 0.352 e. The maximum atomic E-state index is 4.01. The van der Waals surface area contributed by atoms with E-state index in [1.807, 2.05) is 24.1 Å². The maximum absolute atomic E-state index is 4.01. The van der Waals surface area contributed by atoms with Crippen LogP contribution in [0, 0.1) is 6.92 Å². The van der Waals surface area contributed by atoms with Gasteiger partial charge < -0.3 is 4.90 Å². The molecule has 0 radical (unpaired) electrons. The molecule has 0 N–H and O–H groups in total. The van der Waals surface area contributed by atoms with Crippen molar-refractivity contribution in [2.45, 2.75) is 6.92 Å². The van der Waals surface area contributed by atoms with E-state index in [1.165, 1.54) is 11.1 Å². The fourth-order valence-corrected chi connectivity index (χ4v) is 1.20. The summed E-state index contributed by atoms with van der Waals surface area (Å²) in [6.45, 7) is 9.79. The SMILES string of the molecule is C=CN(C)C(=C)c1ccccc1C. The van der Waals surface area contributed by atoms with Crippen molar-refractivity contribution >= 4 is 5.70 Å². The van der Waals surface area contributed by atoms with Crippen molar-refractivity contribution in [3.05, 3.63) is 54.8 Å². The van der Waals surface area contributed by atoms with Crippen LogP contribution in [0.2, 0.25) is 0 Å². The molecule has 0 amide bonds. The molecule has 68 valence electrons. The number of rotatable bonds is 3. The average Bonchev–Trinajstić information content (AvgIpc) is 2.16. The third-order valence-corrected chi connectivity index (χ3v) is 2.16. The minimum Gasteiger partial charge on any atom is -0.352 e. The molecule has 1 rings (SSSR count). The zero-order valence-electron chi connectivity index (χ0n) is 8.25. The Labute approximate surface area is 80.0 Å². The summed E-state index contributed by atoms with van der Waals surface area (Å²) in [5, 5.41) is 0. The summed E-state index contributed by atoms with van der Waals surface area (Å²) in [7, 11) is 1.95. The summed E-state index contributed by atoms with van der Waals surface area (Å²) < 4.78 is 0. The van der Waals surface area contributed by atoms with Gasteiger partial charge in [0.2, 0.25) is 0 Å². The van der Waals surface area contributed by atoms with E-state index in [4.69, 9.17) is 0 Å². The molecule has 1 heteroatoms. The van der Waals surface area contributed by atoms with Gasteiger partial charge >= 0.3 is 0 Å². The first-order valence-electron chi connectivity index (χ1n) is 4.27. The lowest BCUT2D eigenvalue weighted by molar-refractivity contribution is 0.659. The minimum absolute atomic E-state index is 0.980. The molecule has 0 fully saturated rings. The summed E-state index contributed by atoms with van der Waals surface area (Å²) in [5.41, 5.74) is 3.39. The molecule has 0 atom stereocenters. The van der Waals surface area contributed by atoms with Crippen LogP contribution in [0.4, 0.5) is 0 Å². The van der Waals surface area contributed by atoms with Crippen molar-refractivity contribution in [1.82, 2.24) is 4.90 Å². The minimum atomic E-state index is 0.980. The fraction of sp³-hybridized carbons (Fsp3) is 0.167. The van der Waals surface area contributed by atoms with Crippen LogP contribution < -0.4 is 0 Å². The van der Waals surface area contributed by atoms with Gasteiger partial charge in [-0.05, 0) is 18.7 Å². The highest BCUT2D eigenvalue weighted by molar-refractivity contribution is 5.65. The van der Waals surface area contributed by atoms with Gasteiger partial charge in [-0.15, -0.1) is 0 Å². The maximum Gasteiger partial charge on any atom is 0.0406 e. The van der Waals surface area contributed by atoms with Crippen molar-refractivity contribution in [3.8, 4) is 0 Å². The Kier molecular flexibility index (Phi) is 2.91. The van der Waals surface area contributed by atoms with E-state index in [9.17, 15) is 0 Å². The van der Waals surface area contributed by atoms with Crippen molar-refractivity contribution in [2.24, 2.45) is 0 Å². The van der Waals surface area contributed by atoms with Crippen LogP contribution >= 0.6 is 0 Å². The highest BCUT2D eigenvalue weighted by Crippen LogP contribution is 2.19. The van der Waals surface area contributed by atoms with Gasteiger partial charge in [0.25, 0.3) is 0 Å². The Balaban J connectivity index is 3.02. The van der Waals surface area contributed by atoms with Crippen LogP contribution in [0.1, 0.15) is 11.1 Å².